The van der Waals surface area contributed by atoms with Crippen molar-refractivity contribution in [2.45, 2.75) is 59.0 Å². The number of aryl methyl sites for hydroxylation is 2. The first-order chi connectivity index (χ1) is 15.0. The van der Waals surface area contributed by atoms with Crippen molar-refractivity contribution in [2.24, 2.45) is 0 Å². The summed E-state index contributed by atoms with van der Waals surface area (Å²) in [7, 11) is 0. The van der Waals surface area contributed by atoms with Crippen LogP contribution in [0.25, 0.3) is 11.0 Å². The second-order valence-electron chi connectivity index (χ2n) is 7.96. The van der Waals surface area contributed by atoms with Gasteiger partial charge >= 0.3 is 5.97 Å². The molecule has 3 rings (SSSR count). The molecule has 0 saturated heterocycles. The van der Waals surface area contributed by atoms with Crippen molar-refractivity contribution < 1.29 is 18.7 Å². The molecule has 0 amide bonds. The van der Waals surface area contributed by atoms with E-state index < -0.39 is 5.97 Å². The molecule has 5 heteroatoms. The third-order valence-electron chi connectivity index (χ3n) is 5.15. The van der Waals surface area contributed by atoms with Gasteiger partial charge in [-0.25, -0.2) is 4.79 Å². The third kappa shape index (κ3) is 5.45. The minimum atomic E-state index is -0.438. The molecule has 3 aromatic rings. The number of halogens is 1. The molecular formula is C26H29BrO4. The Labute approximate surface area is 192 Å². The van der Waals surface area contributed by atoms with Crippen LogP contribution in [-0.4, -0.2) is 23.2 Å². The van der Waals surface area contributed by atoms with Crippen LogP contribution in [0.2, 0.25) is 0 Å². The maximum atomic E-state index is 13.5. The van der Waals surface area contributed by atoms with Gasteiger partial charge in [0.2, 0.25) is 0 Å². The molecule has 1 aromatic heterocycles. The molecule has 2 aromatic carbocycles. The number of carbonyl (C=O) groups excluding carboxylic acids is 2. The average molecular weight is 485 g/mol. The molecule has 0 aliphatic rings. The summed E-state index contributed by atoms with van der Waals surface area (Å²) < 4.78 is 11.5. The van der Waals surface area contributed by atoms with Gasteiger partial charge in [0, 0.05) is 22.7 Å². The molecule has 0 unspecified atom stereocenters. The zero-order valence-corrected chi connectivity index (χ0v) is 20.0. The Morgan fingerprint density at radius 1 is 1.03 bits per heavy atom. The summed E-state index contributed by atoms with van der Waals surface area (Å²) in [5, 5.41) is 1.62. The van der Waals surface area contributed by atoms with E-state index in [9.17, 15) is 9.59 Å². The second kappa shape index (κ2) is 10.8. The number of carbonyl (C=O) groups is 2. The number of ether oxygens (including phenoxy) is 1. The fourth-order valence-corrected chi connectivity index (χ4v) is 3.89. The van der Waals surface area contributed by atoms with Crippen LogP contribution in [-0.2, 0) is 17.6 Å². The van der Waals surface area contributed by atoms with Gasteiger partial charge in [0.25, 0.3) is 0 Å². The van der Waals surface area contributed by atoms with Gasteiger partial charge in [-0.3, -0.25) is 4.79 Å². The quantitative estimate of drug-likeness (QED) is 0.178. The number of rotatable bonds is 10. The van der Waals surface area contributed by atoms with E-state index in [1.54, 1.807) is 12.1 Å². The molecular weight excluding hydrogens is 456 g/mol. The molecule has 0 aliphatic carbocycles. The van der Waals surface area contributed by atoms with Crippen molar-refractivity contribution in [3.63, 3.8) is 0 Å². The van der Waals surface area contributed by atoms with Gasteiger partial charge in [-0.15, -0.1) is 0 Å². The van der Waals surface area contributed by atoms with Crippen LogP contribution in [0.4, 0.5) is 0 Å². The van der Waals surface area contributed by atoms with Gasteiger partial charge < -0.3 is 9.15 Å². The number of para-hydroxylation sites is 1. The molecule has 1 heterocycles. The number of unbranched alkanes of at least 4 members (excludes halogenated alkanes) is 1. The normalized spacial score (nSPS) is 11.3. The van der Waals surface area contributed by atoms with Crippen molar-refractivity contribution in [3.05, 3.63) is 70.5 Å². The zero-order chi connectivity index (χ0) is 22.4. The molecule has 0 radical (unpaired) electrons. The summed E-state index contributed by atoms with van der Waals surface area (Å²) in [6, 6.07) is 13.1. The number of esters is 1. The van der Waals surface area contributed by atoms with E-state index in [0.717, 1.165) is 31.0 Å². The van der Waals surface area contributed by atoms with Gasteiger partial charge in [-0.05, 0) is 44.7 Å². The summed E-state index contributed by atoms with van der Waals surface area (Å²) >= 11 is 3.45. The number of alkyl halides is 1. The fraction of sp³-hybridized carbons (Fsp3) is 0.385. The Morgan fingerprint density at radius 3 is 2.42 bits per heavy atom. The SMILES string of the molecule is CCCCc1oc2c(C(=O)OC(C)C)cccc2c1C(=O)c1ccc(CCCBr)cc1. The highest BCUT2D eigenvalue weighted by Crippen LogP contribution is 2.32. The smallest absolute Gasteiger partial charge is 0.342 e. The van der Waals surface area contributed by atoms with Crippen LogP contribution in [0, 0.1) is 0 Å². The number of furan rings is 1. The van der Waals surface area contributed by atoms with Crippen LogP contribution in [0.15, 0.2) is 46.9 Å². The number of benzene rings is 2. The molecule has 0 spiro atoms. The van der Waals surface area contributed by atoms with E-state index >= 15 is 0 Å². The lowest BCUT2D eigenvalue weighted by molar-refractivity contribution is 0.0379. The molecule has 4 nitrogen and oxygen atoms in total. The minimum Gasteiger partial charge on any atom is -0.459 e. The molecule has 164 valence electrons. The molecule has 31 heavy (non-hydrogen) atoms. The zero-order valence-electron chi connectivity index (χ0n) is 18.4. The van der Waals surface area contributed by atoms with Gasteiger partial charge in [0.1, 0.15) is 16.9 Å². The average Bonchev–Trinajstić information content (AvgIpc) is 3.13. The standard InChI is InChI=1S/C26H29BrO4/c1-4-5-11-22-23(24(28)19-14-12-18(13-15-19)8-7-16-27)20-9-6-10-21(25(20)31-22)26(29)30-17(2)3/h6,9-10,12-15,17H,4-5,7-8,11,16H2,1-3H3. The molecule has 0 bridgehead atoms. The van der Waals surface area contributed by atoms with Crippen LogP contribution in [0.3, 0.4) is 0 Å². The lowest BCUT2D eigenvalue weighted by Gasteiger charge is -2.08. The second-order valence-corrected chi connectivity index (χ2v) is 8.75. The van der Waals surface area contributed by atoms with Crippen molar-refractivity contribution in [2.75, 3.05) is 5.33 Å². The summed E-state index contributed by atoms with van der Waals surface area (Å²) in [6.07, 6.45) is 4.32. The predicted octanol–water partition coefficient (Wildman–Crippen LogP) is 6.90. The van der Waals surface area contributed by atoms with E-state index in [0.29, 0.717) is 39.8 Å². The highest BCUT2D eigenvalue weighted by atomic mass is 79.9. The summed E-state index contributed by atoms with van der Waals surface area (Å²) in [6.45, 7) is 5.72. The summed E-state index contributed by atoms with van der Waals surface area (Å²) in [5.41, 5.74) is 3.16. The van der Waals surface area contributed by atoms with Crippen LogP contribution in [0.5, 0.6) is 0 Å². The lowest BCUT2D eigenvalue weighted by Crippen LogP contribution is -2.11. The lowest BCUT2D eigenvalue weighted by atomic mass is 9.96. The monoisotopic (exact) mass is 484 g/mol. The first-order valence-electron chi connectivity index (χ1n) is 10.9. The molecule has 0 fully saturated rings. The molecule has 0 saturated carbocycles. The van der Waals surface area contributed by atoms with Gasteiger partial charge in [0.15, 0.2) is 5.78 Å². The summed E-state index contributed by atoms with van der Waals surface area (Å²) in [5.74, 6) is 0.118. The van der Waals surface area contributed by atoms with Crippen molar-refractivity contribution in [1.82, 2.24) is 0 Å². The number of fused-ring (bicyclic) bond motifs is 1. The van der Waals surface area contributed by atoms with Gasteiger partial charge in [-0.2, -0.15) is 0 Å². The Kier molecular flexibility index (Phi) is 8.08. The highest BCUT2D eigenvalue weighted by molar-refractivity contribution is 9.09. The number of hydrogen-bond acceptors (Lipinski definition) is 4. The molecule has 0 atom stereocenters. The maximum absolute atomic E-state index is 13.5. The largest absolute Gasteiger partial charge is 0.459 e. The number of hydrogen-bond donors (Lipinski definition) is 0. The highest BCUT2D eigenvalue weighted by Gasteiger charge is 2.25. The fourth-order valence-electron chi connectivity index (χ4n) is 3.61. The van der Waals surface area contributed by atoms with Crippen LogP contribution in [0.1, 0.15) is 77.6 Å². The first-order valence-corrected chi connectivity index (χ1v) is 12.0. The first kappa shape index (κ1) is 23.3. The molecule has 0 N–H and O–H groups in total. The number of ketones is 1. The van der Waals surface area contributed by atoms with E-state index in [-0.39, 0.29) is 11.9 Å². The van der Waals surface area contributed by atoms with Crippen molar-refractivity contribution in [3.8, 4) is 0 Å². The minimum absolute atomic E-state index is 0.0775. The Hall–Kier alpha value is -2.40. The van der Waals surface area contributed by atoms with Gasteiger partial charge in [0.05, 0.1) is 11.7 Å². The molecule has 0 aliphatic heterocycles. The van der Waals surface area contributed by atoms with Crippen molar-refractivity contribution >= 4 is 38.7 Å². The van der Waals surface area contributed by atoms with Gasteiger partial charge in [-0.1, -0.05) is 65.7 Å². The Balaban J connectivity index is 2.05. The predicted molar refractivity (Wildman–Crippen MR) is 127 cm³/mol. The topological polar surface area (TPSA) is 56.5 Å². The van der Waals surface area contributed by atoms with E-state index in [1.807, 2.05) is 44.2 Å². The van der Waals surface area contributed by atoms with Crippen LogP contribution >= 0.6 is 15.9 Å². The van der Waals surface area contributed by atoms with E-state index in [4.69, 9.17) is 9.15 Å². The third-order valence-corrected chi connectivity index (χ3v) is 5.71. The Bertz CT molecular complexity index is 1050. The van der Waals surface area contributed by atoms with E-state index in [1.165, 1.54) is 5.56 Å². The van der Waals surface area contributed by atoms with E-state index in [2.05, 4.69) is 22.9 Å². The maximum Gasteiger partial charge on any atom is 0.342 e. The summed E-state index contributed by atoms with van der Waals surface area (Å²) in [4.78, 5) is 26.1. The van der Waals surface area contributed by atoms with Crippen LogP contribution < -0.4 is 0 Å². The van der Waals surface area contributed by atoms with Crippen molar-refractivity contribution in [1.29, 1.82) is 0 Å². The Morgan fingerprint density at radius 2 is 1.77 bits per heavy atom.